The van der Waals surface area contributed by atoms with Crippen molar-refractivity contribution >= 4 is 17.6 Å². The fourth-order valence-corrected chi connectivity index (χ4v) is 1.98. The van der Waals surface area contributed by atoms with Crippen LogP contribution in [0, 0.1) is 12.7 Å². The van der Waals surface area contributed by atoms with Crippen molar-refractivity contribution in [2.24, 2.45) is 0 Å². The van der Waals surface area contributed by atoms with Gasteiger partial charge in [0, 0.05) is 0 Å². The van der Waals surface area contributed by atoms with Crippen molar-refractivity contribution in [3.8, 4) is 0 Å². The molecule has 5 heteroatoms. The molecule has 0 aromatic heterocycles. The van der Waals surface area contributed by atoms with Gasteiger partial charge < -0.3 is 10.4 Å². The van der Waals surface area contributed by atoms with E-state index < -0.39 is 5.97 Å². The van der Waals surface area contributed by atoms with Gasteiger partial charge in [0.05, 0.1) is 17.7 Å². The van der Waals surface area contributed by atoms with Crippen molar-refractivity contribution in [2.45, 2.75) is 13.3 Å². The highest BCUT2D eigenvalue weighted by atomic mass is 19.1. The molecule has 0 radical (unpaired) electrons. The van der Waals surface area contributed by atoms with E-state index in [1.54, 1.807) is 19.1 Å². The number of anilines is 1. The zero-order valence-electron chi connectivity index (χ0n) is 11.4. The predicted molar refractivity (Wildman–Crippen MR) is 76.9 cm³/mol. The first-order valence-electron chi connectivity index (χ1n) is 6.34. The lowest BCUT2D eigenvalue weighted by Crippen LogP contribution is -2.17. The SMILES string of the molecule is Cc1cccc(C(=O)O)c1NC(=O)Cc1ccc(F)cc1. The minimum atomic E-state index is -1.10. The second-order valence-corrected chi connectivity index (χ2v) is 4.65. The number of aryl methyl sites for hydroxylation is 1. The summed E-state index contributed by atoms with van der Waals surface area (Å²) in [5.74, 6) is -1.82. The molecule has 1 amide bonds. The summed E-state index contributed by atoms with van der Waals surface area (Å²) in [5.41, 5.74) is 1.65. The van der Waals surface area contributed by atoms with Crippen LogP contribution in [0.4, 0.5) is 10.1 Å². The van der Waals surface area contributed by atoms with Gasteiger partial charge in [-0.05, 0) is 36.2 Å². The lowest BCUT2D eigenvalue weighted by molar-refractivity contribution is -0.115. The average Bonchev–Trinajstić information content (AvgIpc) is 2.43. The van der Waals surface area contributed by atoms with Crippen LogP contribution in [0.15, 0.2) is 42.5 Å². The molecular formula is C16H14FNO3. The largest absolute Gasteiger partial charge is 0.478 e. The summed E-state index contributed by atoms with van der Waals surface area (Å²) in [7, 11) is 0. The molecule has 2 aromatic carbocycles. The first kappa shape index (κ1) is 14.7. The van der Waals surface area contributed by atoms with E-state index in [9.17, 15) is 14.0 Å². The number of amides is 1. The fourth-order valence-electron chi connectivity index (χ4n) is 1.98. The maximum absolute atomic E-state index is 12.8. The van der Waals surface area contributed by atoms with Crippen molar-refractivity contribution in [1.82, 2.24) is 0 Å². The third-order valence-corrected chi connectivity index (χ3v) is 3.05. The Balaban J connectivity index is 2.16. The molecule has 0 saturated heterocycles. The molecular weight excluding hydrogens is 273 g/mol. The van der Waals surface area contributed by atoms with Crippen LogP contribution in [-0.2, 0) is 11.2 Å². The molecule has 108 valence electrons. The molecule has 0 atom stereocenters. The van der Waals surface area contributed by atoms with Crippen LogP contribution < -0.4 is 5.32 Å². The molecule has 0 unspecified atom stereocenters. The van der Waals surface area contributed by atoms with Gasteiger partial charge in [-0.25, -0.2) is 9.18 Å². The van der Waals surface area contributed by atoms with Gasteiger partial charge in [-0.2, -0.15) is 0 Å². The summed E-state index contributed by atoms with van der Waals surface area (Å²) < 4.78 is 12.8. The summed E-state index contributed by atoms with van der Waals surface area (Å²) in [6, 6.07) is 10.4. The van der Waals surface area contributed by atoms with E-state index >= 15 is 0 Å². The zero-order valence-corrected chi connectivity index (χ0v) is 11.4. The summed E-state index contributed by atoms with van der Waals surface area (Å²) in [6.45, 7) is 1.72. The number of benzene rings is 2. The molecule has 0 saturated carbocycles. The van der Waals surface area contributed by atoms with E-state index in [1.165, 1.54) is 30.3 Å². The van der Waals surface area contributed by atoms with Crippen molar-refractivity contribution in [2.75, 3.05) is 5.32 Å². The van der Waals surface area contributed by atoms with Gasteiger partial charge in [0.25, 0.3) is 0 Å². The van der Waals surface area contributed by atoms with Crippen molar-refractivity contribution in [3.05, 3.63) is 65.0 Å². The van der Waals surface area contributed by atoms with E-state index in [1.807, 2.05) is 0 Å². The lowest BCUT2D eigenvalue weighted by atomic mass is 10.1. The van der Waals surface area contributed by atoms with E-state index in [2.05, 4.69) is 5.32 Å². The van der Waals surface area contributed by atoms with Gasteiger partial charge in [-0.3, -0.25) is 4.79 Å². The Bertz CT molecular complexity index is 680. The van der Waals surface area contributed by atoms with E-state index in [-0.39, 0.29) is 29.4 Å². The zero-order chi connectivity index (χ0) is 15.4. The summed E-state index contributed by atoms with van der Waals surface area (Å²) in [6.07, 6.45) is 0.0493. The van der Waals surface area contributed by atoms with Crippen LogP contribution in [0.2, 0.25) is 0 Å². The summed E-state index contributed by atoms with van der Waals surface area (Å²) >= 11 is 0. The third kappa shape index (κ3) is 3.66. The number of nitrogens with one attached hydrogen (secondary N) is 1. The number of hydrogen-bond acceptors (Lipinski definition) is 2. The minimum Gasteiger partial charge on any atom is -0.478 e. The smallest absolute Gasteiger partial charge is 0.337 e. The van der Waals surface area contributed by atoms with Crippen molar-refractivity contribution in [3.63, 3.8) is 0 Å². The molecule has 2 N–H and O–H groups in total. The van der Waals surface area contributed by atoms with Gasteiger partial charge in [0.15, 0.2) is 0 Å². The highest BCUT2D eigenvalue weighted by molar-refractivity contribution is 6.01. The van der Waals surface area contributed by atoms with Gasteiger partial charge in [0.1, 0.15) is 5.82 Å². The number of carbonyl (C=O) groups is 2. The predicted octanol–water partition coefficient (Wildman–Crippen LogP) is 3.01. The Hall–Kier alpha value is -2.69. The monoisotopic (exact) mass is 287 g/mol. The molecule has 0 spiro atoms. The molecule has 0 aliphatic carbocycles. The summed E-state index contributed by atoms with van der Waals surface area (Å²) in [5, 5.41) is 11.7. The van der Waals surface area contributed by atoms with Gasteiger partial charge >= 0.3 is 5.97 Å². The van der Waals surface area contributed by atoms with Crippen LogP contribution in [0.5, 0.6) is 0 Å². The molecule has 2 aromatic rings. The molecule has 0 fully saturated rings. The number of carbonyl (C=O) groups excluding carboxylic acids is 1. The summed E-state index contributed by atoms with van der Waals surface area (Å²) in [4.78, 5) is 23.2. The number of aromatic carboxylic acids is 1. The highest BCUT2D eigenvalue weighted by Gasteiger charge is 2.14. The van der Waals surface area contributed by atoms with E-state index in [0.717, 1.165) is 0 Å². The normalized spacial score (nSPS) is 10.2. The highest BCUT2D eigenvalue weighted by Crippen LogP contribution is 2.21. The van der Waals surface area contributed by atoms with Crippen LogP contribution in [0.3, 0.4) is 0 Å². The average molecular weight is 287 g/mol. The number of para-hydroxylation sites is 1. The van der Waals surface area contributed by atoms with Crippen LogP contribution in [-0.4, -0.2) is 17.0 Å². The van der Waals surface area contributed by atoms with Gasteiger partial charge in [-0.1, -0.05) is 24.3 Å². The van der Waals surface area contributed by atoms with Crippen molar-refractivity contribution < 1.29 is 19.1 Å². The van der Waals surface area contributed by atoms with Crippen LogP contribution in [0.1, 0.15) is 21.5 Å². The molecule has 4 nitrogen and oxygen atoms in total. The first-order valence-corrected chi connectivity index (χ1v) is 6.34. The lowest BCUT2D eigenvalue weighted by Gasteiger charge is -2.11. The Labute approximate surface area is 121 Å². The maximum Gasteiger partial charge on any atom is 0.337 e. The van der Waals surface area contributed by atoms with E-state index in [4.69, 9.17) is 5.11 Å². The topological polar surface area (TPSA) is 66.4 Å². The molecule has 0 bridgehead atoms. The Kier molecular flexibility index (Phi) is 4.33. The molecule has 0 heterocycles. The fraction of sp³-hybridized carbons (Fsp3) is 0.125. The molecule has 2 rings (SSSR count). The van der Waals surface area contributed by atoms with Crippen LogP contribution in [0.25, 0.3) is 0 Å². The second kappa shape index (κ2) is 6.17. The quantitative estimate of drug-likeness (QED) is 0.908. The second-order valence-electron chi connectivity index (χ2n) is 4.65. The Morgan fingerprint density at radius 1 is 1.14 bits per heavy atom. The van der Waals surface area contributed by atoms with Gasteiger partial charge in [0.2, 0.25) is 5.91 Å². The molecule has 0 aliphatic rings. The number of carboxylic acids is 1. The number of rotatable bonds is 4. The minimum absolute atomic E-state index is 0.0439. The Morgan fingerprint density at radius 3 is 2.43 bits per heavy atom. The number of hydrogen-bond donors (Lipinski definition) is 2. The van der Waals surface area contributed by atoms with Gasteiger partial charge in [-0.15, -0.1) is 0 Å². The number of carboxylic acid groups (broad SMARTS) is 1. The standard InChI is InChI=1S/C16H14FNO3/c1-10-3-2-4-13(16(20)21)15(10)18-14(19)9-11-5-7-12(17)8-6-11/h2-8H,9H2,1H3,(H,18,19)(H,20,21). The first-order chi connectivity index (χ1) is 9.97. The van der Waals surface area contributed by atoms with E-state index in [0.29, 0.717) is 11.1 Å². The molecule has 21 heavy (non-hydrogen) atoms. The van der Waals surface area contributed by atoms with Crippen LogP contribution >= 0.6 is 0 Å². The van der Waals surface area contributed by atoms with Crippen molar-refractivity contribution in [1.29, 1.82) is 0 Å². The number of halogens is 1. The third-order valence-electron chi connectivity index (χ3n) is 3.05. The Morgan fingerprint density at radius 2 is 1.81 bits per heavy atom. The molecule has 0 aliphatic heterocycles. The maximum atomic E-state index is 12.8.